The van der Waals surface area contributed by atoms with Crippen LogP contribution in [0.4, 0.5) is 4.79 Å². The van der Waals surface area contributed by atoms with Crippen molar-refractivity contribution in [2.45, 2.75) is 52.8 Å². The Labute approximate surface area is 153 Å². The summed E-state index contributed by atoms with van der Waals surface area (Å²) in [6.45, 7) is 9.10. The Hall–Kier alpha value is -2.70. The van der Waals surface area contributed by atoms with Crippen molar-refractivity contribution in [2.24, 2.45) is 0 Å². The average molecular weight is 358 g/mol. The first-order valence-corrected chi connectivity index (χ1v) is 8.53. The summed E-state index contributed by atoms with van der Waals surface area (Å²) in [6.07, 6.45) is -0.621. The molecule has 0 aliphatic heterocycles. The molecule has 0 saturated heterocycles. The summed E-state index contributed by atoms with van der Waals surface area (Å²) in [5.41, 5.74) is 1.09. The standard InChI is InChI=1S/C19H26N4O3/c1-12-14-9-7-8-10-15(14)22-16(20-12)11-23(6)17(24)13(2)21-18(25)26-19(3,4)5/h7-10,13H,11H2,1-6H3,(H,21,25). The van der Waals surface area contributed by atoms with Gasteiger partial charge in [-0.15, -0.1) is 0 Å². The number of nitrogens with zero attached hydrogens (tertiary/aromatic N) is 3. The van der Waals surface area contributed by atoms with Gasteiger partial charge in [0.15, 0.2) is 0 Å². The maximum atomic E-state index is 12.5. The first kappa shape index (κ1) is 19.6. The minimum atomic E-state index is -0.712. The monoisotopic (exact) mass is 358 g/mol. The quantitative estimate of drug-likeness (QED) is 0.908. The maximum absolute atomic E-state index is 12.5. The second-order valence-corrected chi connectivity index (χ2v) is 7.30. The van der Waals surface area contributed by atoms with Crippen LogP contribution in [-0.2, 0) is 16.1 Å². The third-order valence-electron chi connectivity index (χ3n) is 3.70. The molecule has 0 bridgehead atoms. The van der Waals surface area contributed by atoms with Crippen molar-refractivity contribution in [2.75, 3.05) is 7.05 Å². The largest absolute Gasteiger partial charge is 0.444 e. The van der Waals surface area contributed by atoms with Crippen molar-refractivity contribution in [3.05, 3.63) is 35.8 Å². The fraction of sp³-hybridized carbons (Fsp3) is 0.474. The van der Waals surface area contributed by atoms with E-state index in [1.165, 1.54) is 4.90 Å². The van der Waals surface area contributed by atoms with Crippen molar-refractivity contribution in [1.82, 2.24) is 20.2 Å². The molecule has 1 N–H and O–H groups in total. The van der Waals surface area contributed by atoms with Crippen molar-refractivity contribution >= 4 is 22.9 Å². The van der Waals surface area contributed by atoms with E-state index in [1.54, 1.807) is 34.7 Å². The molecule has 1 heterocycles. The van der Waals surface area contributed by atoms with Gasteiger partial charge in [0.25, 0.3) is 0 Å². The number of hydrogen-bond acceptors (Lipinski definition) is 5. The molecule has 1 unspecified atom stereocenters. The van der Waals surface area contributed by atoms with Gasteiger partial charge in [-0.2, -0.15) is 0 Å². The van der Waals surface area contributed by atoms with E-state index in [0.717, 1.165) is 16.6 Å². The molecule has 0 radical (unpaired) electrons. The van der Waals surface area contributed by atoms with Crippen LogP contribution in [0.1, 0.15) is 39.2 Å². The van der Waals surface area contributed by atoms with Crippen molar-refractivity contribution in [3.8, 4) is 0 Å². The van der Waals surface area contributed by atoms with E-state index in [9.17, 15) is 9.59 Å². The minimum Gasteiger partial charge on any atom is -0.444 e. The van der Waals surface area contributed by atoms with Crippen molar-refractivity contribution in [3.63, 3.8) is 0 Å². The molecule has 0 aliphatic rings. The van der Waals surface area contributed by atoms with Gasteiger partial charge in [0.2, 0.25) is 5.91 Å². The lowest BCUT2D eigenvalue weighted by molar-refractivity contribution is -0.132. The highest BCUT2D eigenvalue weighted by atomic mass is 16.6. The maximum Gasteiger partial charge on any atom is 0.408 e. The van der Waals surface area contributed by atoms with Gasteiger partial charge >= 0.3 is 6.09 Å². The molecule has 26 heavy (non-hydrogen) atoms. The Bertz CT molecular complexity index is 814. The van der Waals surface area contributed by atoms with Crippen LogP contribution in [0.25, 0.3) is 10.9 Å². The molecule has 1 aromatic heterocycles. The fourth-order valence-electron chi connectivity index (χ4n) is 2.53. The molecule has 2 aromatic rings. The third kappa shape index (κ3) is 5.15. The van der Waals surface area contributed by atoms with E-state index in [1.807, 2.05) is 31.2 Å². The number of para-hydroxylation sites is 1. The number of fused-ring (bicyclic) bond motifs is 1. The molecule has 7 heteroatoms. The zero-order valence-corrected chi connectivity index (χ0v) is 16.2. The van der Waals surface area contributed by atoms with Crippen LogP contribution in [0.3, 0.4) is 0 Å². The van der Waals surface area contributed by atoms with E-state index in [0.29, 0.717) is 5.82 Å². The number of carbonyl (C=O) groups is 2. The summed E-state index contributed by atoms with van der Waals surface area (Å²) in [4.78, 5) is 34.8. The van der Waals surface area contributed by atoms with Crippen LogP contribution in [0.15, 0.2) is 24.3 Å². The number of aromatic nitrogens is 2. The first-order valence-electron chi connectivity index (χ1n) is 8.53. The number of ether oxygens (including phenoxy) is 1. The van der Waals surface area contributed by atoms with Gasteiger partial charge in [0, 0.05) is 18.1 Å². The van der Waals surface area contributed by atoms with E-state index in [2.05, 4.69) is 15.3 Å². The number of aryl methyl sites for hydroxylation is 1. The highest BCUT2D eigenvalue weighted by molar-refractivity contribution is 5.85. The van der Waals surface area contributed by atoms with Crippen LogP contribution in [0.5, 0.6) is 0 Å². The minimum absolute atomic E-state index is 0.245. The smallest absolute Gasteiger partial charge is 0.408 e. The molecule has 0 saturated carbocycles. The SMILES string of the molecule is Cc1nc(CN(C)C(=O)C(C)NC(=O)OC(C)(C)C)nc2ccccc12. The number of benzene rings is 1. The van der Waals surface area contributed by atoms with Gasteiger partial charge in [-0.25, -0.2) is 14.8 Å². The Kier molecular flexibility index (Phi) is 5.79. The zero-order valence-electron chi connectivity index (χ0n) is 16.2. The molecule has 2 rings (SSSR count). The summed E-state index contributed by atoms with van der Waals surface area (Å²) in [6, 6.07) is 7.03. The molecular weight excluding hydrogens is 332 g/mol. The lowest BCUT2D eigenvalue weighted by Gasteiger charge is -2.24. The lowest BCUT2D eigenvalue weighted by Crippen LogP contribution is -2.46. The van der Waals surface area contributed by atoms with Crippen LogP contribution >= 0.6 is 0 Å². The number of hydrogen-bond donors (Lipinski definition) is 1. The normalized spacial score (nSPS) is 12.5. The summed E-state index contributed by atoms with van der Waals surface area (Å²) in [5.74, 6) is 0.312. The predicted molar refractivity (Wildman–Crippen MR) is 99.6 cm³/mol. The van der Waals surface area contributed by atoms with Gasteiger partial charge in [-0.3, -0.25) is 4.79 Å². The Balaban J connectivity index is 2.03. The van der Waals surface area contributed by atoms with Crippen molar-refractivity contribution < 1.29 is 14.3 Å². The molecule has 1 atom stereocenters. The van der Waals surface area contributed by atoms with Gasteiger partial charge in [-0.05, 0) is 40.7 Å². The fourth-order valence-corrected chi connectivity index (χ4v) is 2.53. The number of carbonyl (C=O) groups excluding carboxylic acids is 2. The van der Waals surface area contributed by atoms with Crippen LogP contribution < -0.4 is 5.32 Å². The number of rotatable bonds is 4. The second kappa shape index (κ2) is 7.68. The topological polar surface area (TPSA) is 84.4 Å². The van der Waals surface area contributed by atoms with Crippen LogP contribution in [0.2, 0.25) is 0 Å². The third-order valence-corrected chi connectivity index (χ3v) is 3.70. The number of amides is 2. The first-order chi connectivity index (χ1) is 12.1. The molecular formula is C19H26N4O3. The van der Waals surface area contributed by atoms with Gasteiger partial charge in [0.05, 0.1) is 12.1 Å². The second-order valence-electron chi connectivity index (χ2n) is 7.30. The number of likely N-dealkylation sites (N-methyl/N-ethyl adjacent to an activating group) is 1. The molecule has 140 valence electrons. The van der Waals surface area contributed by atoms with E-state index in [4.69, 9.17) is 4.74 Å². The average Bonchev–Trinajstić information content (AvgIpc) is 2.52. The van der Waals surface area contributed by atoms with E-state index >= 15 is 0 Å². The molecule has 1 aromatic carbocycles. The number of alkyl carbamates (subject to hydrolysis) is 1. The van der Waals surface area contributed by atoms with Gasteiger partial charge in [-0.1, -0.05) is 18.2 Å². The molecule has 0 aliphatic carbocycles. The molecule has 2 amide bonds. The van der Waals surface area contributed by atoms with Gasteiger partial charge in [0.1, 0.15) is 17.5 Å². The molecule has 0 fully saturated rings. The highest BCUT2D eigenvalue weighted by Gasteiger charge is 2.23. The lowest BCUT2D eigenvalue weighted by atomic mass is 10.2. The summed E-state index contributed by atoms with van der Waals surface area (Å²) >= 11 is 0. The van der Waals surface area contributed by atoms with Crippen LogP contribution in [0, 0.1) is 6.92 Å². The number of nitrogens with one attached hydrogen (secondary N) is 1. The van der Waals surface area contributed by atoms with Crippen molar-refractivity contribution in [1.29, 1.82) is 0 Å². The zero-order chi connectivity index (χ0) is 19.5. The Morgan fingerprint density at radius 2 is 1.88 bits per heavy atom. The summed E-state index contributed by atoms with van der Waals surface area (Å²) in [5, 5.41) is 3.54. The highest BCUT2D eigenvalue weighted by Crippen LogP contribution is 2.15. The predicted octanol–water partition coefficient (Wildman–Crippen LogP) is 2.81. The Morgan fingerprint density at radius 1 is 1.23 bits per heavy atom. The van der Waals surface area contributed by atoms with Crippen LogP contribution in [-0.4, -0.2) is 45.6 Å². The van der Waals surface area contributed by atoms with E-state index < -0.39 is 17.7 Å². The summed E-state index contributed by atoms with van der Waals surface area (Å²) < 4.78 is 5.17. The van der Waals surface area contributed by atoms with Gasteiger partial charge < -0.3 is 15.0 Å². The molecule has 7 nitrogen and oxygen atoms in total. The van der Waals surface area contributed by atoms with E-state index in [-0.39, 0.29) is 12.5 Å². The summed E-state index contributed by atoms with van der Waals surface area (Å²) in [7, 11) is 1.66. The Morgan fingerprint density at radius 3 is 2.54 bits per heavy atom. The molecule has 0 spiro atoms.